The maximum absolute atomic E-state index is 11.3. The number of hydrogen-bond acceptors (Lipinski definition) is 2. The summed E-state index contributed by atoms with van der Waals surface area (Å²) in [5.41, 5.74) is -0.254. The zero-order valence-corrected chi connectivity index (χ0v) is 10.8. The Hall–Kier alpha value is -0.770. The van der Waals surface area contributed by atoms with Crippen LogP contribution >= 0.6 is 0 Å². The Morgan fingerprint density at radius 2 is 2.12 bits per heavy atom. The molecule has 0 spiro atoms. The fourth-order valence-electron chi connectivity index (χ4n) is 2.23. The van der Waals surface area contributed by atoms with Crippen molar-refractivity contribution >= 4 is 6.09 Å². The zero-order chi connectivity index (χ0) is 12.4. The lowest BCUT2D eigenvalue weighted by Gasteiger charge is -2.42. The van der Waals surface area contributed by atoms with Crippen LogP contribution in [0.25, 0.3) is 0 Å². The van der Waals surface area contributed by atoms with Gasteiger partial charge in [0.05, 0.1) is 0 Å². The molecule has 0 radical (unpaired) electrons. The molecule has 2 N–H and O–H groups in total. The third-order valence-corrected chi connectivity index (χ3v) is 3.27. The minimum Gasteiger partial charge on any atom is -0.465 e. The van der Waals surface area contributed by atoms with Gasteiger partial charge in [0, 0.05) is 18.6 Å². The third kappa shape index (κ3) is 3.37. The average molecular weight is 228 g/mol. The standard InChI is InChI=1S/C12H24N2O2/c1-11(2,3)14(10(15)16)9-12(4)6-5-7-13-8-12/h13H,5-9H2,1-4H3,(H,15,16). The van der Waals surface area contributed by atoms with Crippen LogP contribution in [0, 0.1) is 5.41 Å². The van der Waals surface area contributed by atoms with E-state index in [2.05, 4.69) is 12.2 Å². The van der Waals surface area contributed by atoms with Gasteiger partial charge in [-0.05, 0) is 45.6 Å². The van der Waals surface area contributed by atoms with E-state index in [1.165, 1.54) is 0 Å². The van der Waals surface area contributed by atoms with Crippen molar-refractivity contribution in [1.29, 1.82) is 0 Å². The smallest absolute Gasteiger partial charge is 0.407 e. The van der Waals surface area contributed by atoms with Gasteiger partial charge in [0.2, 0.25) is 0 Å². The van der Waals surface area contributed by atoms with Crippen LogP contribution in [-0.2, 0) is 0 Å². The van der Waals surface area contributed by atoms with E-state index in [9.17, 15) is 9.90 Å². The molecular weight excluding hydrogens is 204 g/mol. The van der Waals surface area contributed by atoms with Crippen LogP contribution in [0.3, 0.4) is 0 Å². The molecule has 0 bridgehead atoms. The fraction of sp³-hybridized carbons (Fsp3) is 0.917. The molecule has 0 aromatic heterocycles. The monoisotopic (exact) mass is 228 g/mol. The van der Waals surface area contributed by atoms with Gasteiger partial charge in [-0.1, -0.05) is 6.92 Å². The highest BCUT2D eigenvalue weighted by atomic mass is 16.4. The second kappa shape index (κ2) is 4.62. The van der Waals surface area contributed by atoms with Crippen molar-refractivity contribution in [1.82, 2.24) is 10.2 Å². The lowest BCUT2D eigenvalue weighted by atomic mass is 9.81. The predicted molar refractivity (Wildman–Crippen MR) is 64.7 cm³/mol. The maximum atomic E-state index is 11.3. The first-order valence-electron chi connectivity index (χ1n) is 5.96. The number of hydrogen-bond donors (Lipinski definition) is 2. The molecule has 4 heteroatoms. The van der Waals surface area contributed by atoms with Gasteiger partial charge in [0.15, 0.2) is 0 Å². The van der Waals surface area contributed by atoms with E-state index in [4.69, 9.17) is 0 Å². The number of amides is 1. The molecule has 1 atom stereocenters. The van der Waals surface area contributed by atoms with E-state index in [1.807, 2.05) is 20.8 Å². The first-order valence-corrected chi connectivity index (χ1v) is 5.96. The van der Waals surface area contributed by atoms with E-state index < -0.39 is 6.09 Å². The normalized spacial score (nSPS) is 26.5. The van der Waals surface area contributed by atoms with Crippen LogP contribution in [0.5, 0.6) is 0 Å². The molecule has 0 aromatic carbocycles. The molecular formula is C12H24N2O2. The highest BCUT2D eigenvalue weighted by molar-refractivity contribution is 5.66. The Morgan fingerprint density at radius 3 is 2.50 bits per heavy atom. The molecule has 1 aliphatic rings. The maximum Gasteiger partial charge on any atom is 0.407 e. The average Bonchev–Trinajstić information content (AvgIpc) is 2.13. The van der Waals surface area contributed by atoms with E-state index in [0.717, 1.165) is 25.9 Å². The number of carboxylic acid groups (broad SMARTS) is 1. The Balaban J connectivity index is 2.71. The molecule has 1 unspecified atom stereocenters. The van der Waals surface area contributed by atoms with Crippen molar-refractivity contribution in [3.63, 3.8) is 0 Å². The third-order valence-electron chi connectivity index (χ3n) is 3.27. The number of nitrogens with zero attached hydrogens (tertiary/aromatic N) is 1. The van der Waals surface area contributed by atoms with Gasteiger partial charge in [0.25, 0.3) is 0 Å². The second-order valence-corrected chi connectivity index (χ2v) is 6.13. The number of rotatable bonds is 2. The molecule has 1 amide bonds. The summed E-state index contributed by atoms with van der Waals surface area (Å²) in [4.78, 5) is 12.8. The lowest BCUT2D eigenvalue weighted by molar-refractivity contribution is 0.0592. The van der Waals surface area contributed by atoms with Gasteiger partial charge < -0.3 is 15.3 Å². The fourth-order valence-corrected chi connectivity index (χ4v) is 2.23. The second-order valence-electron chi connectivity index (χ2n) is 6.13. The van der Waals surface area contributed by atoms with Crippen LogP contribution in [-0.4, -0.2) is 41.3 Å². The molecule has 1 heterocycles. The molecule has 94 valence electrons. The summed E-state index contributed by atoms with van der Waals surface area (Å²) in [5, 5.41) is 12.6. The SMILES string of the molecule is CC1(CN(C(=O)O)C(C)(C)C)CCCNC1. The number of carbonyl (C=O) groups is 1. The summed E-state index contributed by atoms with van der Waals surface area (Å²) >= 11 is 0. The van der Waals surface area contributed by atoms with E-state index in [1.54, 1.807) is 4.90 Å². The van der Waals surface area contributed by atoms with Crippen LogP contribution in [0.15, 0.2) is 0 Å². The van der Waals surface area contributed by atoms with Gasteiger partial charge in [-0.15, -0.1) is 0 Å². The van der Waals surface area contributed by atoms with Crippen molar-refractivity contribution in [2.24, 2.45) is 5.41 Å². The van der Waals surface area contributed by atoms with Gasteiger partial charge in [-0.3, -0.25) is 0 Å². The van der Waals surface area contributed by atoms with Crippen molar-refractivity contribution in [2.45, 2.75) is 46.1 Å². The summed E-state index contributed by atoms with van der Waals surface area (Å²) in [6, 6.07) is 0. The van der Waals surface area contributed by atoms with Crippen LogP contribution in [0.1, 0.15) is 40.5 Å². The Morgan fingerprint density at radius 1 is 1.50 bits per heavy atom. The molecule has 16 heavy (non-hydrogen) atoms. The Kier molecular flexibility index (Phi) is 3.84. The molecule has 0 saturated carbocycles. The highest BCUT2D eigenvalue weighted by Crippen LogP contribution is 2.29. The summed E-state index contributed by atoms with van der Waals surface area (Å²) in [7, 11) is 0. The number of nitrogens with one attached hydrogen (secondary N) is 1. The molecule has 0 aromatic rings. The van der Waals surface area contributed by atoms with E-state index in [0.29, 0.717) is 6.54 Å². The van der Waals surface area contributed by atoms with E-state index >= 15 is 0 Å². The number of piperidine rings is 1. The molecule has 4 nitrogen and oxygen atoms in total. The lowest BCUT2D eigenvalue weighted by Crippen LogP contribution is -2.53. The summed E-state index contributed by atoms with van der Waals surface area (Å²) in [6.45, 7) is 10.6. The molecule has 1 rings (SSSR count). The van der Waals surface area contributed by atoms with Crippen molar-refractivity contribution in [3.8, 4) is 0 Å². The van der Waals surface area contributed by atoms with Gasteiger partial charge >= 0.3 is 6.09 Å². The van der Waals surface area contributed by atoms with Gasteiger partial charge in [-0.25, -0.2) is 4.79 Å². The first kappa shape index (κ1) is 13.3. The Bertz CT molecular complexity index is 252. The van der Waals surface area contributed by atoms with Crippen LogP contribution in [0.4, 0.5) is 4.79 Å². The molecule has 1 saturated heterocycles. The predicted octanol–water partition coefficient (Wildman–Crippen LogP) is 2.15. The molecule has 1 aliphatic heterocycles. The summed E-state index contributed by atoms with van der Waals surface area (Å²) in [5.74, 6) is 0. The zero-order valence-electron chi connectivity index (χ0n) is 10.8. The Labute approximate surface area is 98.0 Å². The minimum absolute atomic E-state index is 0.0733. The summed E-state index contributed by atoms with van der Waals surface area (Å²) in [6.07, 6.45) is 1.41. The topological polar surface area (TPSA) is 52.6 Å². The van der Waals surface area contributed by atoms with E-state index in [-0.39, 0.29) is 11.0 Å². The van der Waals surface area contributed by atoms with Gasteiger partial charge in [0.1, 0.15) is 0 Å². The first-order chi connectivity index (χ1) is 7.25. The molecule has 0 aliphatic carbocycles. The largest absolute Gasteiger partial charge is 0.465 e. The van der Waals surface area contributed by atoms with Crippen LogP contribution < -0.4 is 5.32 Å². The van der Waals surface area contributed by atoms with Crippen molar-refractivity contribution in [3.05, 3.63) is 0 Å². The van der Waals surface area contributed by atoms with Crippen LogP contribution in [0.2, 0.25) is 0 Å². The van der Waals surface area contributed by atoms with Crippen molar-refractivity contribution < 1.29 is 9.90 Å². The quantitative estimate of drug-likeness (QED) is 0.761. The van der Waals surface area contributed by atoms with Gasteiger partial charge in [-0.2, -0.15) is 0 Å². The highest BCUT2D eigenvalue weighted by Gasteiger charge is 2.35. The molecule has 1 fully saturated rings. The van der Waals surface area contributed by atoms with Crippen molar-refractivity contribution in [2.75, 3.05) is 19.6 Å². The minimum atomic E-state index is -0.820. The summed E-state index contributed by atoms with van der Waals surface area (Å²) < 4.78 is 0.